The van der Waals surface area contributed by atoms with Crippen molar-refractivity contribution in [1.29, 1.82) is 0 Å². The van der Waals surface area contributed by atoms with Crippen molar-refractivity contribution in [3.8, 4) is 0 Å². The van der Waals surface area contributed by atoms with Crippen LogP contribution in [0.25, 0.3) is 0 Å². The summed E-state index contributed by atoms with van der Waals surface area (Å²) < 4.78 is 5.91. The van der Waals surface area contributed by atoms with Gasteiger partial charge in [0.2, 0.25) is 0 Å². The van der Waals surface area contributed by atoms with Crippen LogP contribution in [0.4, 0.5) is 0 Å². The first-order valence-electron chi connectivity index (χ1n) is 6.07. The van der Waals surface area contributed by atoms with Gasteiger partial charge in [-0.2, -0.15) is 0 Å². The Kier molecular flexibility index (Phi) is 3.78. The van der Waals surface area contributed by atoms with Crippen molar-refractivity contribution in [3.63, 3.8) is 0 Å². The van der Waals surface area contributed by atoms with E-state index < -0.39 is 0 Å². The van der Waals surface area contributed by atoms with Gasteiger partial charge in [-0.3, -0.25) is 9.69 Å². The Labute approximate surface area is 96.9 Å². The zero-order valence-corrected chi connectivity index (χ0v) is 10.1. The molecule has 3 heterocycles. The summed E-state index contributed by atoms with van der Waals surface area (Å²) in [7, 11) is 1.65. The molecule has 3 rings (SSSR count). The van der Waals surface area contributed by atoms with Gasteiger partial charge in [-0.15, -0.1) is 0 Å². The Hall–Kier alpha value is -0.650. The molecule has 0 unspecified atom stereocenters. The van der Waals surface area contributed by atoms with E-state index in [1.807, 2.05) is 0 Å². The number of quaternary nitrogens is 1. The average molecular weight is 228 g/mol. The lowest BCUT2D eigenvalue weighted by Crippen LogP contribution is -2.69. The Morgan fingerprint density at radius 1 is 1.31 bits per heavy atom. The first-order valence-corrected chi connectivity index (χ1v) is 6.07. The Morgan fingerprint density at radius 3 is 2.50 bits per heavy atom. The number of carbonyl (C=O) groups is 1. The summed E-state index contributed by atoms with van der Waals surface area (Å²) in [6.07, 6.45) is 0. The summed E-state index contributed by atoms with van der Waals surface area (Å²) in [6.45, 7) is 8.76. The number of fused-ring (bicyclic) bond motifs is 3. The van der Waals surface area contributed by atoms with Gasteiger partial charge in [0, 0.05) is 33.3 Å². The minimum Gasteiger partial charge on any atom is -0.383 e. The zero-order valence-electron chi connectivity index (χ0n) is 10.1. The quantitative estimate of drug-likeness (QED) is 0.479. The lowest BCUT2D eigenvalue weighted by Gasteiger charge is -2.50. The van der Waals surface area contributed by atoms with Crippen LogP contribution in [0.5, 0.6) is 0 Å². The molecule has 0 spiro atoms. The molecule has 1 amide bonds. The molecule has 3 saturated heterocycles. The molecule has 16 heavy (non-hydrogen) atoms. The van der Waals surface area contributed by atoms with Crippen LogP contribution in [0.15, 0.2) is 0 Å². The summed E-state index contributed by atoms with van der Waals surface area (Å²) in [6, 6.07) is 0. The highest BCUT2D eigenvalue weighted by Crippen LogP contribution is 2.18. The van der Waals surface area contributed by atoms with E-state index in [-0.39, 0.29) is 5.91 Å². The predicted molar refractivity (Wildman–Crippen MR) is 61.1 cm³/mol. The van der Waals surface area contributed by atoms with Crippen LogP contribution in [-0.2, 0) is 9.53 Å². The summed E-state index contributed by atoms with van der Waals surface area (Å²) >= 11 is 0. The van der Waals surface area contributed by atoms with Crippen molar-refractivity contribution in [2.45, 2.75) is 0 Å². The van der Waals surface area contributed by atoms with Crippen LogP contribution >= 0.6 is 0 Å². The largest absolute Gasteiger partial charge is 0.383 e. The Balaban J connectivity index is 1.77. The maximum absolute atomic E-state index is 11.8. The molecule has 5 nitrogen and oxygen atoms in total. The van der Waals surface area contributed by atoms with Crippen molar-refractivity contribution >= 4 is 5.91 Å². The molecule has 3 aliphatic rings. The first kappa shape index (κ1) is 11.8. The van der Waals surface area contributed by atoms with Crippen molar-refractivity contribution in [3.05, 3.63) is 0 Å². The number of ether oxygens (including phenoxy) is 1. The third-order valence-corrected chi connectivity index (χ3v) is 3.78. The van der Waals surface area contributed by atoms with Crippen molar-refractivity contribution in [1.82, 2.24) is 10.2 Å². The van der Waals surface area contributed by atoms with E-state index in [2.05, 4.69) is 10.2 Å². The molecule has 0 aromatic rings. The molecule has 92 valence electrons. The van der Waals surface area contributed by atoms with E-state index in [4.69, 9.17) is 4.74 Å². The second-order valence-corrected chi connectivity index (χ2v) is 4.85. The van der Waals surface area contributed by atoms with Gasteiger partial charge in [-0.05, 0) is 0 Å². The average Bonchev–Trinajstić information content (AvgIpc) is 2.31. The lowest BCUT2D eigenvalue weighted by atomic mass is 10.1. The molecule has 0 aliphatic carbocycles. The topological polar surface area (TPSA) is 41.6 Å². The van der Waals surface area contributed by atoms with Gasteiger partial charge in [0.25, 0.3) is 5.91 Å². The number of piperazine rings is 3. The van der Waals surface area contributed by atoms with Gasteiger partial charge >= 0.3 is 0 Å². The third kappa shape index (κ3) is 2.72. The number of nitrogens with one attached hydrogen (secondary N) is 1. The Morgan fingerprint density at radius 2 is 1.94 bits per heavy atom. The van der Waals surface area contributed by atoms with Crippen LogP contribution in [0, 0.1) is 0 Å². The fraction of sp³-hybridized carbons (Fsp3) is 0.909. The molecule has 1 N–H and O–H groups in total. The van der Waals surface area contributed by atoms with E-state index in [9.17, 15) is 4.79 Å². The van der Waals surface area contributed by atoms with Crippen molar-refractivity contribution in [2.75, 3.05) is 66.1 Å². The molecule has 0 atom stereocenters. The third-order valence-electron chi connectivity index (χ3n) is 3.78. The predicted octanol–water partition coefficient (Wildman–Crippen LogP) is -1.10. The van der Waals surface area contributed by atoms with Gasteiger partial charge in [-0.25, -0.2) is 0 Å². The molecule has 2 bridgehead atoms. The summed E-state index contributed by atoms with van der Waals surface area (Å²) in [5.74, 6) is 0.174. The van der Waals surface area contributed by atoms with Crippen LogP contribution < -0.4 is 5.32 Å². The number of rotatable bonds is 5. The van der Waals surface area contributed by atoms with E-state index in [1.165, 1.54) is 0 Å². The first-order chi connectivity index (χ1) is 7.74. The second kappa shape index (κ2) is 5.12. The van der Waals surface area contributed by atoms with E-state index in [1.54, 1.807) is 7.11 Å². The lowest BCUT2D eigenvalue weighted by molar-refractivity contribution is -0.933. The molecule has 0 aromatic heterocycles. The number of hydrogen-bond acceptors (Lipinski definition) is 3. The molecule has 0 aromatic carbocycles. The van der Waals surface area contributed by atoms with E-state index in [0.29, 0.717) is 19.7 Å². The van der Waals surface area contributed by atoms with Gasteiger partial charge in [0.15, 0.2) is 6.54 Å². The fourth-order valence-corrected chi connectivity index (χ4v) is 2.62. The highest BCUT2D eigenvalue weighted by molar-refractivity contribution is 5.77. The highest BCUT2D eigenvalue weighted by atomic mass is 16.5. The molecular weight excluding hydrogens is 206 g/mol. The SMILES string of the molecule is COCCNC(=O)C[N+]12CCN(CC1)CC2. The number of methoxy groups -OCH3 is 1. The highest BCUT2D eigenvalue weighted by Gasteiger charge is 2.39. The molecule has 5 heteroatoms. The fourth-order valence-electron chi connectivity index (χ4n) is 2.62. The molecule has 3 aliphatic heterocycles. The van der Waals surface area contributed by atoms with Crippen LogP contribution in [0.3, 0.4) is 0 Å². The van der Waals surface area contributed by atoms with E-state index in [0.717, 1.165) is 43.8 Å². The minimum absolute atomic E-state index is 0.174. The molecule has 0 saturated carbocycles. The maximum atomic E-state index is 11.8. The molecule has 3 fully saturated rings. The maximum Gasteiger partial charge on any atom is 0.275 e. The normalized spacial score (nSPS) is 32.7. The number of nitrogens with zero attached hydrogens (tertiary/aromatic N) is 2. The number of amides is 1. The smallest absolute Gasteiger partial charge is 0.275 e. The summed E-state index contributed by atoms with van der Waals surface area (Å²) in [4.78, 5) is 14.3. The minimum atomic E-state index is 0.174. The van der Waals surface area contributed by atoms with Gasteiger partial charge in [0.1, 0.15) is 0 Å². The number of carbonyl (C=O) groups excluding carboxylic acids is 1. The molecular formula is C11H22N3O2+. The van der Waals surface area contributed by atoms with Gasteiger partial charge in [-0.1, -0.05) is 0 Å². The monoisotopic (exact) mass is 228 g/mol. The summed E-state index contributed by atoms with van der Waals surface area (Å²) in [5.41, 5.74) is 0. The van der Waals surface area contributed by atoms with Crippen LogP contribution in [0.2, 0.25) is 0 Å². The number of hydrogen-bond donors (Lipinski definition) is 1. The zero-order chi connectivity index (χ0) is 11.4. The molecule has 0 radical (unpaired) electrons. The second-order valence-electron chi connectivity index (χ2n) is 4.85. The van der Waals surface area contributed by atoms with Crippen LogP contribution in [0.1, 0.15) is 0 Å². The van der Waals surface area contributed by atoms with Crippen molar-refractivity contribution < 1.29 is 14.0 Å². The standard InChI is InChI=1S/C11H21N3O2/c1-16-9-2-12-11(15)10-14-6-3-13(4-7-14)5-8-14/h2-10H2,1H3/p+1. The van der Waals surface area contributed by atoms with Gasteiger partial charge in [0.05, 0.1) is 26.2 Å². The van der Waals surface area contributed by atoms with Crippen LogP contribution in [-0.4, -0.2) is 81.4 Å². The Bertz CT molecular complexity index is 236. The van der Waals surface area contributed by atoms with Gasteiger partial charge < -0.3 is 14.5 Å². The summed E-state index contributed by atoms with van der Waals surface area (Å²) in [5, 5.41) is 2.91. The van der Waals surface area contributed by atoms with Crippen molar-refractivity contribution in [2.24, 2.45) is 0 Å². The van der Waals surface area contributed by atoms with E-state index >= 15 is 0 Å².